The Morgan fingerprint density at radius 2 is 1.82 bits per heavy atom. The number of aromatic nitrogens is 3. The van der Waals surface area contributed by atoms with Gasteiger partial charge < -0.3 is 26.5 Å². The Hall–Kier alpha value is -4.73. The maximum Gasteiger partial charge on any atom is 0.405 e. The minimum atomic E-state index is -1.43. The van der Waals surface area contributed by atoms with E-state index < -0.39 is 36.4 Å². The van der Waals surface area contributed by atoms with Crippen molar-refractivity contribution in [1.82, 2.24) is 25.6 Å². The smallest absolute Gasteiger partial charge is 0.405 e. The van der Waals surface area contributed by atoms with Gasteiger partial charge in [0.15, 0.2) is 0 Å². The number of imidazole rings is 1. The summed E-state index contributed by atoms with van der Waals surface area (Å²) in [4.78, 5) is 47.5. The molecule has 1 unspecified atom stereocenters. The first kappa shape index (κ1) is 21.1. The van der Waals surface area contributed by atoms with Crippen LogP contribution >= 0.6 is 0 Å². The highest BCUT2D eigenvalue weighted by Gasteiger charge is 2.33. The SMILES string of the molecule is NC(=O)[C@@H](CC(=O)NC1c2ccccc2-c2c(-c3nc4ccncc4[nH]3)cccc21)NC(=O)O. The second-order valence-electron chi connectivity index (χ2n) is 7.94. The maximum absolute atomic E-state index is 12.8. The van der Waals surface area contributed by atoms with E-state index in [9.17, 15) is 14.4 Å². The fraction of sp³-hybridized carbons (Fsp3) is 0.125. The fourth-order valence-corrected chi connectivity index (χ4v) is 4.37. The first-order chi connectivity index (χ1) is 16.4. The molecule has 6 N–H and O–H groups in total. The summed E-state index contributed by atoms with van der Waals surface area (Å²) >= 11 is 0. The average Bonchev–Trinajstić information content (AvgIpc) is 3.38. The van der Waals surface area contributed by atoms with Gasteiger partial charge >= 0.3 is 6.09 Å². The molecule has 0 aliphatic heterocycles. The summed E-state index contributed by atoms with van der Waals surface area (Å²) in [5, 5.41) is 13.8. The number of primary amides is 1. The molecule has 5 rings (SSSR count). The lowest BCUT2D eigenvalue weighted by Crippen LogP contribution is -2.47. The normalized spacial score (nSPS) is 14.8. The van der Waals surface area contributed by atoms with Crippen molar-refractivity contribution in [3.05, 3.63) is 72.1 Å². The van der Waals surface area contributed by atoms with E-state index in [1.807, 2.05) is 53.8 Å². The van der Waals surface area contributed by atoms with Crippen molar-refractivity contribution in [3.63, 3.8) is 0 Å². The highest BCUT2D eigenvalue weighted by molar-refractivity contribution is 5.94. The number of rotatable bonds is 6. The third-order valence-electron chi connectivity index (χ3n) is 5.82. The van der Waals surface area contributed by atoms with Crippen LogP contribution in [0.4, 0.5) is 4.79 Å². The van der Waals surface area contributed by atoms with Gasteiger partial charge in [0.2, 0.25) is 11.8 Å². The van der Waals surface area contributed by atoms with Crippen LogP contribution in [0.25, 0.3) is 33.5 Å². The Kier molecular flexibility index (Phi) is 5.17. The number of H-pyrrole nitrogens is 1. The maximum atomic E-state index is 12.8. The first-order valence-corrected chi connectivity index (χ1v) is 10.5. The van der Waals surface area contributed by atoms with Crippen LogP contribution in [0.2, 0.25) is 0 Å². The standard InChI is InChI=1S/C24H20N6O4/c25-22(32)17(29-24(33)34)10-19(31)30-21-13-5-2-1-4-12(13)20-14(21)6-3-7-15(20)23-27-16-8-9-26-11-18(16)28-23/h1-9,11,17,21,29H,10H2,(H2,25,32)(H,27,28)(H,30,31)(H,33,34)/t17-,21?/m1/s1. The molecular formula is C24H20N6O4. The number of fused-ring (bicyclic) bond motifs is 4. The van der Waals surface area contributed by atoms with E-state index in [1.165, 1.54) is 0 Å². The molecule has 0 spiro atoms. The number of carboxylic acid groups (broad SMARTS) is 1. The van der Waals surface area contributed by atoms with Gasteiger partial charge in [0, 0.05) is 11.8 Å². The van der Waals surface area contributed by atoms with Gasteiger partial charge in [-0.05, 0) is 28.3 Å². The molecule has 0 radical (unpaired) electrons. The number of pyridine rings is 1. The number of amides is 3. The molecule has 0 saturated heterocycles. The van der Waals surface area contributed by atoms with Gasteiger partial charge in [-0.2, -0.15) is 0 Å². The lowest BCUT2D eigenvalue weighted by Gasteiger charge is -2.18. The van der Waals surface area contributed by atoms with Crippen molar-refractivity contribution >= 4 is 28.9 Å². The predicted octanol–water partition coefficient (Wildman–Crippen LogP) is 2.32. The van der Waals surface area contributed by atoms with Crippen LogP contribution in [0.3, 0.4) is 0 Å². The topological polar surface area (TPSA) is 163 Å². The zero-order chi connectivity index (χ0) is 23.8. The fourth-order valence-electron chi connectivity index (χ4n) is 4.37. The molecule has 34 heavy (non-hydrogen) atoms. The van der Waals surface area contributed by atoms with Crippen LogP contribution in [0.5, 0.6) is 0 Å². The number of nitrogens with zero attached hydrogens (tertiary/aromatic N) is 2. The van der Waals surface area contributed by atoms with E-state index in [-0.39, 0.29) is 0 Å². The predicted molar refractivity (Wildman–Crippen MR) is 124 cm³/mol. The number of benzene rings is 2. The van der Waals surface area contributed by atoms with E-state index >= 15 is 0 Å². The van der Waals surface area contributed by atoms with Crippen LogP contribution in [-0.4, -0.2) is 44.0 Å². The number of carbonyl (C=O) groups is 3. The Morgan fingerprint density at radius 1 is 1.06 bits per heavy atom. The Labute approximate surface area is 193 Å². The minimum Gasteiger partial charge on any atom is -0.465 e. The lowest BCUT2D eigenvalue weighted by molar-refractivity contribution is -0.126. The number of nitrogens with two attached hydrogens (primary N) is 1. The molecule has 2 aromatic heterocycles. The summed E-state index contributed by atoms with van der Waals surface area (Å²) in [6.45, 7) is 0. The number of nitrogens with one attached hydrogen (secondary N) is 3. The Morgan fingerprint density at radius 3 is 2.59 bits per heavy atom. The van der Waals surface area contributed by atoms with Gasteiger partial charge in [-0.25, -0.2) is 9.78 Å². The second kappa shape index (κ2) is 8.32. The van der Waals surface area contributed by atoms with Crippen molar-refractivity contribution in [2.45, 2.75) is 18.5 Å². The van der Waals surface area contributed by atoms with Crippen LogP contribution in [0, 0.1) is 0 Å². The van der Waals surface area contributed by atoms with E-state index in [0.29, 0.717) is 5.82 Å². The molecule has 1 aliphatic rings. The second-order valence-corrected chi connectivity index (χ2v) is 7.94. The number of aromatic amines is 1. The van der Waals surface area contributed by atoms with Crippen molar-refractivity contribution in [2.75, 3.05) is 0 Å². The number of hydrogen-bond donors (Lipinski definition) is 5. The zero-order valence-electron chi connectivity index (χ0n) is 17.8. The Bertz CT molecular complexity index is 1410. The summed E-state index contributed by atoms with van der Waals surface area (Å²) in [6.07, 6.45) is 1.55. The lowest BCUT2D eigenvalue weighted by atomic mass is 9.98. The molecular weight excluding hydrogens is 436 g/mol. The van der Waals surface area contributed by atoms with E-state index in [2.05, 4.69) is 15.3 Å². The van der Waals surface area contributed by atoms with Crippen molar-refractivity contribution in [3.8, 4) is 22.5 Å². The van der Waals surface area contributed by atoms with Crippen molar-refractivity contribution in [2.24, 2.45) is 5.73 Å². The van der Waals surface area contributed by atoms with E-state index in [0.717, 1.165) is 38.9 Å². The van der Waals surface area contributed by atoms with E-state index in [1.54, 1.807) is 12.4 Å². The van der Waals surface area contributed by atoms with Crippen LogP contribution < -0.4 is 16.4 Å². The molecule has 170 valence electrons. The van der Waals surface area contributed by atoms with E-state index in [4.69, 9.17) is 15.8 Å². The monoisotopic (exact) mass is 456 g/mol. The minimum absolute atomic E-state index is 0.411. The number of hydrogen-bond acceptors (Lipinski definition) is 5. The summed E-state index contributed by atoms with van der Waals surface area (Å²) < 4.78 is 0. The van der Waals surface area contributed by atoms with Gasteiger partial charge in [-0.1, -0.05) is 42.5 Å². The molecule has 10 nitrogen and oxygen atoms in total. The van der Waals surface area contributed by atoms with Gasteiger partial charge in [-0.15, -0.1) is 0 Å². The average molecular weight is 456 g/mol. The summed E-state index contributed by atoms with van der Waals surface area (Å²) in [7, 11) is 0. The molecule has 4 aromatic rings. The summed E-state index contributed by atoms with van der Waals surface area (Å²) in [5.41, 5.74) is 11.4. The third kappa shape index (κ3) is 3.71. The molecule has 10 heteroatoms. The highest BCUT2D eigenvalue weighted by atomic mass is 16.4. The molecule has 0 bridgehead atoms. The molecule has 0 saturated carbocycles. The molecule has 3 amide bonds. The quantitative estimate of drug-likeness (QED) is 0.299. The molecule has 0 fully saturated rings. The summed E-state index contributed by atoms with van der Waals surface area (Å²) in [5.74, 6) is -0.752. The molecule has 2 aromatic carbocycles. The Balaban J connectivity index is 1.52. The van der Waals surface area contributed by atoms with Crippen LogP contribution in [0.1, 0.15) is 23.6 Å². The van der Waals surface area contributed by atoms with Crippen molar-refractivity contribution in [1.29, 1.82) is 0 Å². The van der Waals surface area contributed by atoms with Gasteiger partial charge in [0.05, 0.1) is 29.7 Å². The zero-order valence-corrected chi connectivity index (χ0v) is 17.8. The number of carbonyl (C=O) groups excluding carboxylic acids is 2. The largest absolute Gasteiger partial charge is 0.465 e. The third-order valence-corrected chi connectivity index (χ3v) is 5.82. The first-order valence-electron chi connectivity index (χ1n) is 10.5. The van der Waals surface area contributed by atoms with Crippen LogP contribution in [-0.2, 0) is 9.59 Å². The van der Waals surface area contributed by atoms with Gasteiger partial charge in [0.1, 0.15) is 11.9 Å². The summed E-state index contributed by atoms with van der Waals surface area (Å²) in [6, 6.07) is 13.5. The highest BCUT2D eigenvalue weighted by Crippen LogP contribution is 2.47. The van der Waals surface area contributed by atoms with Crippen LogP contribution in [0.15, 0.2) is 60.9 Å². The van der Waals surface area contributed by atoms with Gasteiger partial charge in [0.25, 0.3) is 0 Å². The molecule has 2 heterocycles. The molecule has 1 aliphatic carbocycles. The van der Waals surface area contributed by atoms with Crippen molar-refractivity contribution < 1.29 is 19.5 Å². The molecule has 2 atom stereocenters. The van der Waals surface area contributed by atoms with Gasteiger partial charge in [-0.3, -0.25) is 14.6 Å².